The zero-order chi connectivity index (χ0) is 19.4. The summed E-state index contributed by atoms with van der Waals surface area (Å²) in [5.74, 6) is 0.513. The van der Waals surface area contributed by atoms with Crippen LogP contribution < -0.4 is 19.5 Å². The number of amides is 1. The molecule has 0 aromatic heterocycles. The Morgan fingerprint density at radius 1 is 1.15 bits per heavy atom. The smallest absolute Gasteiger partial charge is 0.265 e. The first-order chi connectivity index (χ1) is 12.9. The Hall–Kier alpha value is -2.58. The fourth-order valence-electron chi connectivity index (χ4n) is 2.43. The molecule has 2 aromatic carbocycles. The lowest BCUT2D eigenvalue weighted by atomic mass is 10.2. The van der Waals surface area contributed by atoms with Gasteiger partial charge in [0.2, 0.25) is 10.0 Å². The van der Waals surface area contributed by atoms with Gasteiger partial charge >= 0.3 is 0 Å². The largest absolute Gasteiger partial charge is 0.495 e. The van der Waals surface area contributed by atoms with Crippen molar-refractivity contribution in [2.24, 2.45) is 0 Å². The van der Waals surface area contributed by atoms with E-state index in [0.29, 0.717) is 11.5 Å². The fraction of sp³-hybridized carbons (Fsp3) is 0.316. The molecule has 2 N–H and O–H groups in total. The number of benzene rings is 2. The van der Waals surface area contributed by atoms with Gasteiger partial charge in [-0.05, 0) is 50.1 Å². The highest BCUT2D eigenvalue weighted by atomic mass is 32.2. The molecular weight excluding hydrogens is 368 g/mol. The number of sulfonamides is 1. The third kappa shape index (κ3) is 4.99. The molecule has 8 heteroatoms. The van der Waals surface area contributed by atoms with E-state index in [2.05, 4.69) is 10.0 Å². The molecule has 1 atom stereocenters. The van der Waals surface area contributed by atoms with Crippen molar-refractivity contribution in [2.75, 3.05) is 12.4 Å². The van der Waals surface area contributed by atoms with E-state index < -0.39 is 22.0 Å². The van der Waals surface area contributed by atoms with Crippen molar-refractivity contribution in [3.63, 3.8) is 0 Å². The minimum Gasteiger partial charge on any atom is -0.495 e. The molecule has 0 heterocycles. The van der Waals surface area contributed by atoms with Crippen molar-refractivity contribution in [3.05, 3.63) is 48.5 Å². The summed E-state index contributed by atoms with van der Waals surface area (Å²) in [6.07, 6.45) is 0.905. The van der Waals surface area contributed by atoms with E-state index in [1.165, 1.54) is 25.3 Å². The van der Waals surface area contributed by atoms with Crippen LogP contribution in [0.25, 0.3) is 0 Å². The van der Waals surface area contributed by atoms with Gasteiger partial charge in [-0.3, -0.25) is 4.79 Å². The summed E-state index contributed by atoms with van der Waals surface area (Å²) >= 11 is 0. The summed E-state index contributed by atoms with van der Waals surface area (Å²) in [6.45, 7) is 1.62. The highest BCUT2D eigenvalue weighted by Crippen LogP contribution is 2.29. The molecule has 0 aliphatic heterocycles. The number of anilines is 1. The third-order valence-electron chi connectivity index (χ3n) is 4.06. The number of rotatable bonds is 8. The normalized spacial score (nSPS) is 15.0. The monoisotopic (exact) mass is 390 g/mol. The van der Waals surface area contributed by atoms with Gasteiger partial charge < -0.3 is 14.8 Å². The molecule has 0 radical (unpaired) electrons. The quantitative estimate of drug-likeness (QED) is 0.722. The average Bonchev–Trinajstić information content (AvgIpc) is 3.45. The molecule has 0 spiro atoms. The minimum absolute atomic E-state index is 0.00515. The number of carbonyl (C=O) groups is 1. The molecule has 1 aliphatic carbocycles. The molecule has 2 aromatic rings. The van der Waals surface area contributed by atoms with E-state index in [1.807, 2.05) is 18.2 Å². The van der Waals surface area contributed by atoms with E-state index in [0.717, 1.165) is 12.8 Å². The van der Waals surface area contributed by atoms with E-state index >= 15 is 0 Å². The van der Waals surface area contributed by atoms with E-state index in [1.54, 1.807) is 19.1 Å². The highest BCUT2D eigenvalue weighted by Gasteiger charge is 2.28. The highest BCUT2D eigenvalue weighted by molar-refractivity contribution is 7.89. The molecule has 7 nitrogen and oxygen atoms in total. The van der Waals surface area contributed by atoms with E-state index in [4.69, 9.17) is 9.47 Å². The standard InChI is InChI=1S/C19H22N2O5S/c1-13(26-15-6-4-3-5-7-15)19(22)20-17-12-16(10-11-18(17)25-2)27(23,24)21-14-8-9-14/h3-7,10-14,21H,8-9H2,1-2H3,(H,20,22). The summed E-state index contributed by atoms with van der Waals surface area (Å²) in [5, 5.41) is 2.68. The van der Waals surface area contributed by atoms with Crippen LogP contribution in [0, 0.1) is 0 Å². The van der Waals surface area contributed by atoms with Crippen molar-refractivity contribution in [1.29, 1.82) is 0 Å². The number of methoxy groups -OCH3 is 1. The second kappa shape index (κ2) is 7.98. The van der Waals surface area contributed by atoms with Gasteiger partial charge in [-0.1, -0.05) is 18.2 Å². The van der Waals surface area contributed by atoms with Crippen LogP contribution in [0.1, 0.15) is 19.8 Å². The van der Waals surface area contributed by atoms with E-state index in [9.17, 15) is 13.2 Å². The van der Waals surface area contributed by atoms with Crippen molar-refractivity contribution < 1.29 is 22.7 Å². The SMILES string of the molecule is COc1ccc(S(=O)(=O)NC2CC2)cc1NC(=O)C(C)Oc1ccccc1. The number of ether oxygens (including phenoxy) is 2. The Bertz CT molecular complexity index is 911. The van der Waals surface area contributed by atoms with Crippen molar-refractivity contribution in [1.82, 2.24) is 4.72 Å². The van der Waals surface area contributed by atoms with Gasteiger partial charge in [0.15, 0.2) is 6.10 Å². The zero-order valence-corrected chi connectivity index (χ0v) is 16.0. The fourth-order valence-corrected chi connectivity index (χ4v) is 3.76. The van der Waals surface area contributed by atoms with Gasteiger partial charge in [0.05, 0.1) is 17.7 Å². The zero-order valence-electron chi connectivity index (χ0n) is 15.1. The first kappa shape index (κ1) is 19.2. The molecule has 144 valence electrons. The summed E-state index contributed by atoms with van der Waals surface area (Å²) in [5.41, 5.74) is 0.268. The molecule has 1 fully saturated rings. The predicted octanol–water partition coefficient (Wildman–Crippen LogP) is 2.54. The van der Waals surface area contributed by atoms with Crippen LogP contribution in [0.2, 0.25) is 0 Å². The van der Waals surface area contributed by atoms with Crippen molar-refractivity contribution in [2.45, 2.75) is 36.8 Å². The molecule has 1 amide bonds. The topological polar surface area (TPSA) is 93.7 Å². The molecule has 3 rings (SSSR count). The summed E-state index contributed by atoms with van der Waals surface area (Å²) in [6, 6.07) is 13.3. The Morgan fingerprint density at radius 2 is 1.85 bits per heavy atom. The first-order valence-electron chi connectivity index (χ1n) is 8.62. The number of carbonyl (C=O) groups excluding carboxylic acids is 1. The van der Waals surface area contributed by atoms with E-state index in [-0.39, 0.29) is 16.6 Å². The predicted molar refractivity (Wildman–Crippen MR) is 101 cm³/mol. The maximum atomic E-state index is 12.5. The Kier molecular flexibility index (Phi) is 5.67. The van der Waals surface area contributed by atoms with Crippen LogP contribution in [0.3, 0.4) is 0 Å². The van der Waals surface area contributed by atoms with Crippen LogP contribution in [0.5, 0.6) is 11.5 Å². The number of para-hydroxylation sites is 1. The van der Waals surface area contributed by atoms with Gasteiger partial charge in [0.1, 0.15) is 11.5 Å². The van der Waals surface area contributed by atoms with Crippen LogP contribution >= 0.6 is 0 Å². The average molecular weight is 390 g/mol. The van der Waals surface area contributed by atoms with Crippen LogP contribution in [-0.2, 0) is 14.8 Å². The Labute approximate surface area is 158 Å². The number of hydrogen-bond donors (Lipinski definition) is 2. The molecular formula is C19H22N2O5S. The first-order valence-corrected chi connectivity index (χ1v) is 10.1. The van der Waals surface area contributed by atoms with Crippen LogP contribution in [0.4, 0.5) is 5.69 Å². The lowest BCUT2D eigenvalue weighted by Gasteiger charge is -2.17. The van der Waals surface area contributed by atoms with Gasteiger partial charge in [0, 0.05) is 6.04 Å². The molecule has 1 saturated carbocycles. The van der Waals surface area contributed by atoms with Gasteiger partial charge in [-0.2, -0.15) is 0 Å². The van der Waals surface area contributed by atoms with Crippen LogP contribution in [-0.4, -0.2) is 33.6 Å². The molecule has 27 heavy (non-hydrogen) atoms. The molecule has 0 bridgehead atoms. The number of hydrogen-bond acceptors (Lipinski definition) is 5. The van der Waals surface area contributed by atoms with Crippen LogP contribution in [0.15, 0.2) is 53.4 Å². The van der Waals surface area contributed by atoms with Gasteiger partial charge in [-0.15, -0.1) is 0 Å². The molecule has 1 unspecified atom stereocenters. The number of nitrogens with one attached hydrogen (secondary N) is 2. The lowest BCUT2D eigenvalue weighted by molar-refractivity contribution is -0.122. The molecule has 0 saturated heterocycles. The minimum atomic E-state index is -3.64. The molecule has 1 aliphatic rings. The maximum absolute atomic E-state index is 12.5. The lowest BCUT2D eigenvalue weighted by Crippen LogP contribution is -2.30. The Morgan fingerprint density at radius 3 is 2.48 bits per heavy atom. The second-order valence-corrected chi connectivity index (χ2v) is 8.03. The van der Waals surface area contributed by atoms with Gasteiger partial charge in [-0.25, -0.2) is 13.1 Å². The summed E-state index contributed by atoms with van der Waals surface area (Å²) in [7, 11) is -2.19. The second-order valence-electron chi connectivity index (χ2n) is 6.32. The Balaban J connectivity index is 1.76. The van der Waals surface area contributed by atoms with Gasteiger partial charge in [0.25, 0.3) is 5.91 Å². The maximum Gasteiger partial charge on any atom is 0.265 e. The summed E-state index contributed by atoms with van der Waals surface area (Å²) in [4.78, 5) is 12.5. The summed E-state index contributed by atoms with van der Waals surface area (Å²) < 4.78 is 38.3. The third-order valence-corrected chi connectivity index (χ3v) is 5.58. The van der Waals surface area contributed by atoms with Crippen molar-refractivity contribution in [3.8, 4) is 11.5 Å². The van der Waals surface area contributed by atoms with Crippen molar-refractivity contribution >= 4 is 21.6 Å².